The number of rotatable bonds is 6. The van der Waals surface area contributed by atoms with E-state index in [9.17, 15) is 14.7 Å². The van der Waals surface area contributed by atoms with Gasteiger partial charge in [-0.05, 0) is 57.7 Å². The third kappa shape index (κ3) is 7.54. The van der Waals surface area contributed by atoms with Gasteiger partial charge in [-0.15, -0.1) is 0 Å². The minimum absolute atomic E-state index is 0.216. The van der Waals surface area contributed by atoms with Gasteiger partial charge in [-0.3, -0.25) is 0 Å². The number of alkyl carbamates (subject to hydrolysis) is 1. The number of methoxy groups -OCH3 is 1. The molecule has 128 valence electrons. The molecule has 0 saturated carbocycles. The monoisotopic (exact) mass is 323 g/mol. The van der Waals surface area contributed by atoms with Gasteiger partial charge in [0.25, 0.3) is 0 Å². The summed E-state index contributed by atoms with van der Waals surface area (Å²) in [6.07, 6.45) is 1.20. The van der Waals surface area contributed by atoms with Crippen LogP contribution in [0.3, 0.4) is 0 Å². The van der Waals surface area contributed by atoms with Gasteiger partial charge in [0.2, 0.25) is 0 Å². The average molecular weight is 323 g/mol. The Balaban J connectivity index is 2.52. The van der Waals surface area contributed by atoms with Crippen molar-refractivity contribution in [1.29, 1.82) is 0 Å². The molecule has 1 atom stereocenters. The van der Waals surface area contributed by atoms with E-state index in [-0.39, 0.29) is 5.75 Å². The summed E-state index contributed by atoms with van der Waals surface area (Å²) in [4.78, 5) is 23.6. The average Bonchev–Trinajstić information content (AvgIpc) is 2.45. The van der Waals surface area contributed by atoms with E-state index in [2.05, 4.69) is 5.32 Å². The highest BCUT2D eigenvalue weighted by molar-refractivity contribution is 5.81. The highest BCUT2D eigenvalue weighted by Gasteiger charge is 2.24. The number of ether oxygens (including phenoxy) is 2. The minimum atomic E-state index is -0.744. The van der Waals surface area contributed by atoms with Gasteiger partial charge < -0.3 is 19.9 Å². The fourth-order valence-corrected chi connectivity index (χ4v) is 2.01. The SMILES string of the molecule is COC(=O)[C@H](CCCc1ccc(O)cc1)NC(=O)OC(C)(C)C. The highest BCUT2D eigenvalue weighted by atomic mass is 16.6. The summed E-state index contributed by atoms with van der Waals surface area (Å²) in [5.74, 6) is -0.283. The van der Waals surface area contributed by atoms with Gasteiger partial charge in [0.1, 0.15) is 17.4 Å². The van der Waals surface area contributed by atoms with Gasteiger partial charge in [0.15, 0.2) is 0 Å². The van der Waals surface area contributed by atoms with Crippen molar-refractivity contribution in [2.24, 2.45) is 0 Å². The van der Waals surface area contributed by atoms with E-state index in [0.29, 0.717) is 12.8 Å². The number of nitrogens with one attached hydrogen (secondary N) is 1. The lowest BCUT2D eigenvalue weighted by Crippen LogP contribution is -2.44. The van der Waals surface area contributed by atoms with Crippen molar-refractivity contribution in [3.8, 4) is 5.75 Å². The Morgan fingerprint density at radius 3 is 2.35 bits per heavy atom. The molecule has 0 radical (unpaired) electrons. The number of carbonyl (C=O) groups excluding carboxylic acids is 2. The Kier molecular flexibility index (Phi) is 6.88. The molecule has 6 nitrogen and oxygen atoms in total. The molecule has 0 aromatic heterocycles. The molecule has 6 heteroatoms. The second-order valence-corrected chi connectivity index (χ2v) is 6.28. The van der Waals surface area contributed by atoms with Crippen LogP contribution in [0.4, 0.5) is 4.79 Å². The molecule has 0 saturated heterocycles. The van der Waals surface area contributed by atoms with Crippen molar-refractivity contribution in [3.05, 3.63) is 29.8 Å². The predicted octanol–water partition coefficient (Wildman–Crippen LogP) is 2.78. The number of carbonyl (C=O) groups is 2. The maximum atomic E-state index is 11.8. The number of aromatic hydroxyl groups is 1. The maximum absolute atomic E-state index is 11.8. The zero-order valence-corrected chi connectivity index (χ0v) is 14.1. The predicted molar refractivity (Wildman–Crippen MR) is 86.2 cm³/mol. The molecular formula is C17H25NO5. The summed E-state index contributed by atoms with van der Waals surface area (Å²) < 4.78 is 9.87. The van der Waals surface area contributed by atoms with Crippen LogP contribution in [-0.2, 0) is 20.7 Å². The minimum Gasteiger partial charge on any atom is -0.508 e. The summed E-state index contributed by atoms with van der Waals surface area (Å²) in [6, 6.07) is 6.14. The van der Waals surface area contributed by atoms with Crippen LogP contribution < -0.4 is 5.32 Å². The first-order valence-corrected chi connectivity index (χ1v) is 7.56. The highest BCUT2D eigenvalue weighted by Crippen LogP contribution is 2.13. The molecule has 0 heterocycles. The molecule has 0 unspecified atom stereocenters. The largest absolute Gasteiger partial charge is 0.508 e. The molecule has 1 aromatic carbocycles. The number of amides is 1. The number of phenols is 1. The Labute approximate surface area is 136 Å². The fraction of sp³-hybridized carbons (Fsp3) is 0.529. The molecule has 0 aliphatic carbocycles. The van der Waals surface area contributed by atoms with Crippen LogP contribution in [-0.4, -0.2) is 35.9 Å². The molecule has 0 spiro atoms. The number of hydrogen-bond acceptors (Lipinski definition) is 5. The summed E-state index contributed by atoms with van der Waals surface area (Å²) >= 11 is 0. The standard InChI is InChI=1S/C17H25NO5/c1-17(2,3)23-16(21)18-14(15(20)22-4)7-5-6-12-8-10-13(19)11-9-12/h8-11,14,19H,5-7H2,1-4H3,(H,18,21)/t14-/m0/s1. The molecule has 0 aliphatic rings. The van der Waals surface area contributed by atoms with Gasteiger partial charge in [-0.2, -0.15) is 0 Å². The van der Waals surface area contributed by atoms with Crippen molar-refractivity contribution >= 4 is 12.1 Å². The molecule has 1 aromatic rings. The fourth-order valence-electron chi connectivity index (χ4n) is 2.01. The second kappa shape index (κ2) is 8.41. The summed E-state index contributed by atoms with van der Waals surface area (Å²) in [5.41, 5.74) is 0.417. The first-order valence-electron chi connectivity index (χ1n) is 7.56. The van der Waals surface area contributed by atoms with E-state index in [1.807, 2.05) is 12.1 Å². The lowest BCUT2D eigenvalue weighted by molar-refractivity contribution is -0.143. The van der Waals surface area contributed by atoms with Crippen molar-refractivity contribution < 1.29 is 24.2 Å². The zero-order chi connectivity index (χ0) is 17.5. The first kappa shape index (κ1) is 18.8. The molecule has 23 heavy (non-hydrogen) atoms. The van der Waals surface area contributed by atoms with E-state index in [0.717, 1.165) is 12.0 Å². The number of phenolic OH excluding ortho intramolecular Hbond substituents is 1. The van der Waals surface area contributed by atoms with Crippen LogP contribution in [0, 0.1) is 0 Å². The third-order valence-electron chi connectivity index (χ3n) is 3.07. The number of hydrogen-bond donors (Lipinski definition) is 2. The molecular weight excluding hydrogens is 298 g/mol. The third-order valence-corrected chi connectivity index (χ3v) is 3.07. The molecule has 1 rings (SSSR count). The first-order chi connectivity index (χ1) is 10.7. The van der Waals surface area contributed by atoms with E-state index in [1.165, 1.54) is 7.11 Å². The van der Waals surface area contributed by atoms with Crippen LogP contribution in [0.2, 0.25) is 0 Å². The number of aryl methyl sites for hydroxylation is 1. The summed E-state index contributed by atoms with van der Waals surface area (Å²) in [6.45, 7) is 5.26. The zero-order valence-electron chi connectivity index (χ0n) is 14.1. The number of benzene rings is 1. The Morgan fingerprint density at radius 2 is 1.83 bits per heavy atom. The van der Waals surface area contributed by atoms with Crippen molar-refractivity contribution in [1.82, 2.24) is 5.32 Å². The Bertz CT molecular complexity index is 519. The second-order valence-electron chi connectivity index (χ2n) is 6.28. The van der Waals surface area contributed by atoms with E-state index in [4.69, 9.17) is 9.47 Å². The van der Waals surface area contributed by atoms with Crippen LogP contribution >= 0.6 is 0 Å². The molecule has 0 fully saturated rings. The van der Waals surface area contributed by atoms with Crippen LogP contribution in [0.15, 0.2) is 24.3 Å². The smallest absolute Gasteiger partial charge is 0.408 e. The molecule has 0 bridgehead atoms. The molecule has 1 amide bonds. The maximum Gasteiger partial charge on any atom is 0.408 e. The van der Waals surface area contributed by atoms with Crippen LogP contribution in [0.1, 0.15) is 39.2 Å². The van der Waals surface area contributed by atoms with Gasteiger partial charge in [0.05, 0.1) is 7.11 Å². The topological polar surface area (TPSA) is 84.9 Å². The molecule has 0 aliphatic heterocycles. The van der Waals surface area contributed by atoms with Gasteiger partial charge in [0, 0.05) is 0 Å². The lowest BCUT2D eigenvalue weighted by Gasteiger charge is -2.22. The molecule has 2 N–H and O–H groups in total. The van der Waals surface area contributed by atoms with E-state index < -0.39 is 23.7 Å². The van der Waals surface area contributed by atoms with Crippen LogP contribution in [0.25, 0.3) is 0 Å². The quantitative estimate of drug-likeness (QED) is 0.786. The summed E-state index contributed by atoms with van der Waals surface area (Å²) in [7, 11) is 1.28. The van der Waals surface area contributed by atoms with Crippen molar-refractivity contribution in [3.63, 3.8) is 0 Å². The lowest BCUT2D eigenvalue weighted by atomic mass is 10.0. The van der Waals surface area contributed by atoms with Gasteiger partial charge in [-0.1, -0.05) is 12.1 Å². The van der Waals surface area contributed by atoms with E-state index in [1.54, 1.807) is 32.9 Å². The number of esters is 1. The normalized spacial score (nSPS) is 12.3. The van der Waals surface area contributed by atoms with E-state index >= 15 is 0 Å². The summed E-state index contributed by atoms with van der Waals surface area (Å²) in [5, 5.41) is 11.8. The van der Waals surface area contributed by atoms with Crippen molar-refractivity contribution in [2.75, 3.05) is 7.11 Å². The Hall–Kier alpha value is -2.24. The van der Waals surface area contributed by atoms with Gasteiger partial charge in [-0.25, -0.2) is 9.59 Å². The van der Waals surface area contributed by atoms with Crippen molar-refractivity contribution in [2.45, 2.75) is 51.7 Å². The van der Waals surface area contributed by atoms with Crippen LogP contribution in [0.5, 0.6) is 5.75 Å². The van der Waals surface area contributed by atoms with Gasteiger partial charge >= 0.3 is 12.1 Å². The Morgan fingerprint density at radius 1 is 1.22 bits per heavy atom.